The number of aryl methyl sites for hydroxylation is 2. The van der Waals surface area contributed by atoms with Crippen molar-refractivity contribution < 1.29 is 4.39 Å². The maximum Gasteiger partial charge on any atom is 0.147 e. The van der Waals surface area contributed by atoms with Crippen LogP contribution in [0.2, 0.25) is 5.02 Å². The van der Waals surface area contributed by atoms with Gasteiger partial charge in [-0.05, 0) is 50.5 Å². The molecule has 0 heterocycles. The predicted octanol–water partition coefficient (Wildman–Crippen LogP) is 5.22. The third-order valence-electron chi connectivity index (χ3n) is 3.28. The first kappa shape index (κ1) is 14.9. The zero-order valence-corrected chi connectivity index (χ0v) is 12.5. The van der Waals surface area contributed by atoms with Gasteiger partial charge in [-0.25, -0.2) is 4.39 Å². The van der Waals surface area contributed by atoms with Crippen molar-refractivity contribution in [2.45, 2.75) is 32.7 Å². The topological polar surface area (TPSA) is 12.0 Å². The van der Waals surface area contributed by atoms with Crippen molar-refractivity contribution in [3.63, 3.8) is 0 Å². The molecule has 0 spiro atoms. The highest BCUT2D eigenvalue weighted by Gasteiger charge is 2.07. The Bertz CT molecular complexity index is 583. The first-order valence-electron chi connectivity index (χ1n) is 6.82. The Morgan fingerprint density at radius 1 is 1.20 bits per heavy atom. The highest BCUT2D eigenvalue weighted by molar-refractivity contribution is 6.30. The van der Waals surface area contributed by atoms with Gasteiger partial charge in [0, 0.05) is 11.1 Å². The summed E-state index contributed by atoms with van der Waals surface area (Å²) >= 11 is 5.74. The van der Waals surface area contributed by atoms with E-state index in [9.17, 15) is 4.39 Å². The average Bonchev–Trinajstić information content (AvgIpc) is 2.40. The molecule has 20 heavy (non-hydrogen) atoms. The van der Waals surface area contributed by atoms with Crippen LogP contribution in [0.5, 0.6) is 0 Å². The van der Waals surface area contributed by atoms with E-state index in [-0.39, 0.29) is 11.9 Å². The van der Waals surface area contributed by atoms with Crippen LogP contribution in [0.25, 0.3) is 0 Å². The van der Waals surface area contributed by atoms with Crippen molar-refractivity contribution >= 4 is 17.3 Å². The van der Waals surface area contributed by atoms with Gasteiger partial charge in [0.1, 0.15) is 5.82 Å². The minimum atomic E-state index is -0.306. The van der Waals surface area contributed by atoms with Gasteiger partial charge in [0.2, 0.25) is 0 Å². The molecular formula is C17H19ClFN. The normalized spacial score (nSPS) is 12.2. The van der Waals surface area contributed by atoms with Crippen LogP contribution < -0.4 is 5.32 Å². The second kappa shape index (κ2) is 6.76. The van der Waals surface area contributed by atoms with Crippen molar-refractivity contribution in [3.8, 4) is 0 Å². The molecule has 1 N–H and O–H groups in total. The van der Waals surface area contributed by atoms with Gasteiger partial charge in [-0.15, -0.1) is 0 Å². The maximum absolute atomic E-state index is 13.7. The van der Waals surface area contributed by atoms with Crippen molar-refractivity contribution in [2.24, 2.45) is 0 Å². The summed E-state index contributed by atoms with van der Waals surface area (Å²) in [5.74, 6) is -0.306. The summed E-state index contributed by atoms with van der Waals surface area (Å²) in [5, 5.41) is 3.61. The number of rotatable bonds is 5. The summed E-state index contributed by atoms with van der Waals surface area (Å²) in [6.07, 6.45) is 1.93. The molecule has 0 aliphatic heterocycles. The standard InChI is InChI=1S/C17H19ClFN/c1-12-4-3-5-14(10-12)7-6-13(2)20-17-9-8-15(18)11-16(17)19/h3-5,8-11,13,20H,6-7H2,1-2H3. The molecule has 3 heteroatoms. The van der Waals surface area contributed by atoms with E-state index >= 15 is 0 Å². The van der Waals surface area contributed by atoms with E-state index in [0.29, 0.717) is 10.7 Å². The van der Waals surface area contributed by atoms with Gasteiger partial charge in [-0.3, -0.25) is 0 Å². The summed E-state index contributed by atoms with van der Waals surface area (Å²) in [6, 6.07) is 13.4. The SMILES string of the molecule is Cc1cccc(CCC(C)Nc2ccc(Cl)cc2F)c1. The van der Waals surface area contributed by atoms with Crippen molar-refractivity contribution in [1.82, 2.24) is 0 Å². The second-order valence-corrected chi connectivity index (χ2v) is 5.63. The van der Waals surface area contributed by atoms with Crippen LogP contribution in [0.3, 0.4) is 0 Å². The lowest BCUT2D eigenvalue weighted by Gasteiger charge is -2.16. The van der Waals surface area contributed by atoms with Gasteiger partial charge in [0.05, 0.1) is 5.69 Å². The molecule has 0 radical (unpaired) electrons. The fourth-order valence-corrected chi connectivity index (χ4v) is 2.35. The lowest BCUT2D eigenvalue weighted by molar-refractivity contribution is 0.622. The quantitative estimate of drug-likeness (QED) is 0.796. The predicted molar refractivity (Wildman–Crippen MR) is 84.0 cm³/mol. The van der Waals surface area contributed by atoms with Crippen molar-refractivity contribution in [1.29, 1.82) is 0 Å². The Morgan fingerprint density at radius 3 is 2.70 bits per heavy atom. The molecule has 0 amide bonds. The molecule has 0 bridgehead atoms. The molecule has 2 aromatic rings. The van der Waals surface area contributed by atoms with E-state index in [0.717, 1.165) is 12.8 Å². The number of nitrogens with one attached hydrogen (secondary N) is 1. The Hall–Kier alpha value is -1.54. The van der Waals surface area contributed by atoms with Crippen molar-refractivity contribution in [3.05, 3.63) is 64.4 Å². The van der Waals surface area contributed by atoms with E-state index in [2.05, 4.69) is 43.4 Å². The molecule has 2 aromatic carbocycles. The molecule has 1 atom stereocenters. The van der Waals surface area contributed by atoms with E-state index in [4.69, 9.17) is 11.6 Å². The van der Waals surface area contributed by atoms with Crippen LogP contribution in [0.4, 0.5) is 10.1 Å². The summed E-state index contributed by atoms with van der Waals surface area (Å²) in [5.41, 5.74) is 3.09. The maximum atomic E-state index is 13.7. The van der Waals surface area contributed by atoms with Gasteiger partial charge in [0.25, 0.3) is 0 Å². The van der Waals surface area contributed by atoms with Crippen LogP contribution in [-0.2, 0) is 6.42 Å². The zero-order valence-electron chi connectivity index (χ0n) is 11.8. The minimum absolute atomic E-state index is 0.200. The van der Waals surface area contributed by atoms with Crippen LogP contribution in [0, 0.1) is 12.7 Å². The number of anilines is 1. The number of benzene rings is 2. The van der Waals surface area contributed by atoms with E-state index < -0.39 is 0 Å². The fraction of sp³-hybridized carbons (Fsp3) is 0.294. The number of halogens is 2. The molecule has 106 valence electrons. The highest BCUT2D eigenvalue weighted by atomic mass is 35.5. The summed E-state index contributed by atoms with van der Waals surface area (Å²) in [7, 11) is 0. The molecule has 1 nitrogen and oxygen atoms in total. The summed E-state index contributed by atoms with van der Waals surface area (Å²) in [4.78, 5) is 0. The summed E-state index contributed by atoms with van der Waals surface area (Å²) < 4.78 is 13.7. The first-order valence-corrected chi connectivity index (χ1v) is 7.19. The minimum Gasteiger partial charge on any atom is -0.380 e. The lowest BCUT2D eigenvalue weighted by Crippen LogP contribution is -2.16. The average molecular weight is 292 g/mol. The third kappa shape index (κ3) is 4.24. The van der Waals surface area contributed by atoms with Crippen LogP contribution in [-0.4, -0.2) is 6.04 Å². The summed E-state index contributed by atoms with van der Waals surface area (Å²) in [6.45, 7) is 4.15. The Morgan fingerprint density at radius 2 is 2.00 bits per heavy atom. The Labute approximate surface area is 124 Å². The third-order valence-corrected chi connectivity index (χ3v) is 3.52. The number of hydrogen-bond acceptors (Lipinski definition) is 1. The van der Waals surface area contributed by atoms with Crippen LogP contribution in [0.1, 0.15) is 24.5 Å². The molecule has 0 saturated heterocycles. The van der Waals surface area contributed by atoms with E-state index in [1.807, 2.05) is 0 Å². The van der Waals surface area contributed by atoms with Crippen LogP contribution >= 0.6 is 11.6 Å². The monoisotopic (exact) mass is 291 g/mol. The Kier molecular flexibility index (Phi) is 5.02. The molecule has 1 unspecified atom stereocenters. The molecule has 0 aliphatic carbocycles. The van der Waals surface area contributed by atoms with Crippen LogP contribution in [0.15, 0.2) is 42.5 Å². The van der Waals surface area contributed by atoms with E-state index in [1.54, 1.807) is 12.1 Å². The highest BCUT2D eigenvalue weighted by Crippen LogP contribution is 2.20. The largest absolute Gasteiger partial charge is 0.380 e. The smallest absolute Gasteiger partial charge is 0.147 e. The van der Waals surface area contributed by atoms with E-state index in [1.165, 1.54) is 17.2 Å². The van der Waals surface area contributed by atoms with Gasteiger partial charge >= 0.3 is 0 Å². The Balaban J connectivity index is 1.90. The fourth-order valence-electron chi connectivity index (χ4n) is 2.19. The van der Waals surface area contributed by atoms with Gasteiger partial charge in [-0.2, -0.15) is 0 Å². The molecule has 2 rings (SSSR count). The van der Waals surface area contributed by atoms with Gasteiger partial charge in [0.15, 0.2) is 0 Å². The zero-order chi connectivity index (χ0) is 14.5. The van der Waals surface area contributed by atoms with Gasteiger partial charge < -0.3 is 5.32 Å². The molecule has 0 aliphatic rings. The molecule has 0 aromatic heterocycles. The molecule has 0 saturated carbocycles. The molecular weight excluding hydrogens is 273 g/mol. The van der Waals surface area contributed by atoms with Crippen molar-refractivity contribution in [2.75, 3.05) is 5.32 Å². The lowest BCUT2D eigenvalue weighted by atomic mass is 10.0. The second-order valence-electron chi connectivity index (χ2n) is 5.20. The number of hydrogen-bond donors (Lipinski definition) is 1. The molecule has 0 fully saturated rings. The first-order chi connectivity index (χ1) is 9.54. The van der Waals surface area contributed by atoms with Gasteiger partial charge in [-0.1, -0.05) is 41.4 Å².